The van der Waals surface area contributed by atoms with Crippen LogP contribution in [0.25, 0.3) is 0 Å². The molecule has 4 aliphatic carbocycles. The highest BCUT2D eigenvalue weighted by atomic mass is 16.6. The third-order valence-corrected chi connectivity index (χ3v) is 12.0. The molecule has 0 aromatic heterocycles. The van der Waals surface area contributed by atoms with Gasteiger partial charge in [-0.05, 0) is 62.7 Å². The summed E-state index contributed by atoms with van der Waals surface area (Å²) < 4.78 is 5.31. The zero-order valence-corrected chi connectivity index (χ0v) is 25.6. The van der Waals surface area contributed by atoms with Crippen LogP contribution in [-0.4, -0.2) is 62.0 Å². The number of ether oxygens (including phenoxy) is 1. The lowest BCUT2D eigenvalue weighted by molar-refractivity contribution is -0.184. The number of esters is 1. The third-order valence-electron chi connectivity index (χ3n) is 12.0. The Bertz CT molecular complexity index is 1160. The molecular formula is C32H48O8. The van der Waals surface area contributed by atoms with E-state index in [9.17, 15) is 34.5 Å². The van der Waals surface area contributed by atoms with E-state index in [1.807, 2.05) is 27.7 Å². The molecule has 0 aliphatic heterocycles. The SMILES string of the molecule is CC(=O)OC(C)(C)CCC(=O)[C@](C)(O)[C@H]1[C@H](O)C[C@@]2(C)[C@@H]3CC=C4[C@@H](CC(=O)[C@@H](O)C4(C)C)[C@]3(C)C(=O)C[C@]12C. The first-order chi connectivity index (χ1) is 18.1. The van der Waals surface area contributed by atoms with E-state index in [4.69, 9.17) is 4.74 Å². The van der Waals surface area contributed by atoms with Gasteiger partial charge in [-0.25, -0.2) is 0 Å². The molecule has 0 spiro atoms. The molecular weight excluding hydrogens is 512 g/mol. The normalized spacial score (nSPS) is 42.2. The van der Waals surface area contributed by atoms with Gasteiger partial charge < -0.3 is 20.1 Å². The molecule has 0 saturated heterocycles. The second kappa shape index (κ2) is 9.30. The van der Waals surface area contributed by atoms with Crippen molar-refractivity contribution in [1.29, 1.82) is 0 Å². The Morgan fingerprint density at radius 1 is 1.05 bits per heavy atom. The lowest BCUT2D eigenvalue weighted by Gasteiger charge is -2.64. The van der Waals surface area contributed by atoms with Crippen LogP contribution in [0.15, 0.2) is 11.6 Å². The van der Waals surface area contributed by atoms with Crippen molar-refractivity contribution in [3.05, 3.63) is 11.6 Å². The van der Waals surface area contributed by atoms with Crippen LogP contribution in [0.1, 0.15) is 101 Å². The summed E-state index contributed by atoms with van der Waals surface area (Å²) in [5.74, 6) is -2.62. The van der Waals surface area contributed by atoms with Gasteiger partial charge in [0.05, 0.1) is 6.10 Å². The van der Waals surface area contributed by atoms with Crippen molar-refractivity contribution in [3.8, 4) is 0 Å². The summed E-state index contributed by atoms with van der Waals surface area (Å²) in [5.41, 5.74) is -4.98. The van der Waals surface area contributed by atoms with E-state index in [0.29, 0.717) is 12.8 Å². The Kier molecular flexibility index (Phi) is 7.22. The highest BCUT2D eigenvalue weighted by Gasteiger charge is 2.74. The van der Waals surface area contributed by atoms with Gasteiger partial charge in [-0.2, -0.15) is 0 Å². The van der Waals surface area contributed by atoms with E-state index in [1.165, 1.54) is 13.8 Å². The van der Waals surface area contributed by atoms with Crippen molar-refractivity contribution >= 4 is 23.3 Å². The molecule has 4 aliphatic rings. The molecule has 9 atom stereocenters. The van der Waals surface area contributed by atoms with E-state index in [-0.39, 0.29) is 49.1 Å². The van der Waals surface area contributed by atoms with Gasteiger partial charge in [0, 0.05) is 42.9 Å². The number of ketones is 3. The van der Waals surface area contributed by atoms with Crippen molar-refractivity contribution in [2.45, 2.75) is 124 Å². The number of rotatable bonds is 6. The van der Waals surface area contributed by atoms with Crippen LogP contribution in [0.3, 0.4) is 0 Å². The molecule has 0 heterocycles. The van der Waals surface area contributed by atoms with Gasteiger partial charge in [-0.3, -0.25) is 19.2 Å². The van der Waals surface area contributed by atoms with Crippen molar-refractivity contribution in [1.82, 2.24) is 0 Å². The highest BCUT2D eigenvalue weighted by molar-refractivity contribution is 5.93. The maximum absolute atomic E-state index is 14.3. The van der Waals surface area contributed by atoms with Gasteiger partial charge in [-0.1, -0.05) is 46.3 Å². The van der Waals surface area contributed by atoms with Gasteiger partial charge in [0.2, 0.25) is 0 Å². The van der Waals surface area contributed by atoms with Crippen molar-refractivity contribution in [3.63, 3.8) is 0 Å². The largest absolute Gasteiger partial charge is 0.460 e. The van der Waals surface area contributed by atoms with Gasteiger partial charge in [0.15, 0.2) is 11.6 Å². The quantitative estimate of drug-likeness (QED) is 0.330. The van der Waals surface area contributed by atoms with Crippen molar-refractivity contribution < 1.29 is 39.2 Å². The smallest absolute Gasteiger partial charge is 0.303 e. The highest BCUT2D eigenvalue weighted by Crippen LogP contribution is 2.74. The Morgan fingerprint density at radius 2 is 1.65 bits per heavy atom. The molecule has 3 saturated carbocycles. The van der Waals surface area contributed by atoms with Crippen molar-refractivity contribution in [2.75, 3.05) is 0 Å². The van der Waals surface area contributed by atoms with Crippen LogP contribution in [0.2, 0.25) is 0 Å². The lowest BCUT2D eigenvalue weighted by atomic mass is 9.38. The molecule has 0 unspecified atom stereocenters. The molecule has 40 heavy (non-hydrogen) atoms. The summed E-state index contributed by atoms with van der Waals surface area (Å²) in [6.07, 6.45) is 1.17. The number of aliphatic hydroxyl groups is 3. The van der Waals surface area contributed by atoms with Crippen molar-refractivity contribution in [2.24, 2.45) is 39.4 Å². The fourth-order valence-electron chi connectivity index (χ4n) is 9.63. The zero-order valence-electron chi connectivity index (χ0n) is 25.6. The Balaban J connectivity index is 1.70. The van der Waals surface area contributed by atoms with E-state index in [0.717, 1.165) is 5.57 Å². The van der Waals surface area contributed by atoms with E-state index < -0.39 is 62.7 Å². The molecule has 8 heteroatoms. The predicted molar refractivity (Wildman–Crippen MR) is 148 cm³/mol. The average molecular weight is 561 g/mol. The number of carbonyl (C=O) groups is 4. The fourth-order valence-corrected chi connectivity index (χ4v) is 9.63. The van der Waals surface area contributed by atoms with Gasteiger partial charge in [0.1, 0.15) is 23.1 Å². The topological polar surface area (TPSA) is 138 Å². The molecule has 0 aromatic rings. The van der Waals surface area contributed by atoms with E-state index in [1.54, 1.807) is 13.8 Å². The fraction of sp³-hybridized carbons (Fsp3) is 0.812. The number of allylic oxidation sites excluding steroid dienone is 1. The first-order valence-electron chi connectivity index (χ1n) is 14.7. The number of aliphatic hydroxyl groups excluding tert-OH is 2. The molecule has 224 valence electrons. The molecule has 0 amide bonds. The van der Waals surface area contributed by atoms with Gasteiger partial charge >= 0.3 is 5.97 Å². The standard InChI is InChI=1S/C32H48O8/c1-17(33)40-27(2,3)13-12-23(36)32(9,39)25-21(35)15-29(6)22-11-10-18-19(14-20(34)26(38)28(18,4)5)31(22,8)24(37)16-30(25,29)7/h10,19,21-22,25-26,35,38-39H,11-16H2,1-9H3/t19-,21-,22+,25+,26-,29+,30-,31+,32+/m1/s1. The maximum atomic E-state index is 14.3. The zero-order chi connectivity index (χ0) is 30.4. The summed E-state index contributed by atoms with van der Waals surface area (Å²) in [7, 11) is 0. The molecule has 0 radical (unpaired) electrons. The van der Waals surface area contributed by atoms with Crippen LogP contribution < -0.4 is 0 Å². The summed E-state index contributed by atoms with van der Waals surface area (Å²) >= 11 is 0. The predicted octanol–water partition coefficient (Wildman–Crippen LogP) is 3.72. The summed E-state index contributed by atoms with van der Waals surface area (Å²) in [6, 6.07) is 0. The lowest BCUT2D eigenvalue weighted by Crippen LogP contribution is -2.65. The second-order valence-corrected chi connectivity index (χ2v) is 15.2. The second-order valence-electron chi connectivity index (χ2n) is 15.2. The number of carbonyl (C=O) groups excluding carboxylic acids is 4. The molecule has 4 rings (SSSR count). The number of fused-ring (bicyclic) bond motifs is 5. The Hall–Kier alpha value is -1.90. The van der Waals surface area contributed by atoms with Crippen LogP contribution in [0.4, 0.5) is 0 Å². The van der Waals surface area contributed by atoms with Crippen LogP contribution in [0, 0.1) is 39.4 Å². The molecule has 0 aromatic carbocycles. The first-order valence-corrected chi connectivity index (χ1v) is 14.7. The maximum Gasteiger partial charge on any atom is 0.303 e. The number of Topliss-reactive ketones (excluding diaryl/α,β-unsaturated/α-hetero) is 3. The summed E-state index contributed by atoms with van der Waals surface area (Å²) in [4.78, 5) is 52.2. The van der Waals surface area contributed by atoms with Crippen LogP contribution in [0.5, 0.6) is 0 Å². The third kappa shape index (κ3) is 4.18. The summed E-state index contributed by atoms with van der Waals surface area (Å²) in [5, 5.41) is 34.0. The monoisotopic (exact) mass is 560 g/mol. The van der Waals surface area contributed by atoms with E-state index in [2.05, 4.69) is 13.0 Å². The molecule has 3 N–H and O–H groups in total. The minimum Gasteiger partial charge on any atom is -0.460 e. The van der Waals surface area contributed by atoms with Crippen LogP contribution in [-0.2, 0) is 23.9 Å². The minimum atomic E-state index is -1.91. The molecule has 0 bridgehead atoms. The van der Waals surface area contributed by atoms with Gasteiger partial charge in [0.25, 0.3) is 0 Å². The number of hydrogen-bond acceptors (Lipinski definition) is 8. The summed E-state index contributed by atoms with van der Waals surface area (Å²) in [6.45, 7) is 15.8. The Labute approximate surface area is 237 Å². The first kappa shape index (κ1) is 31.0. The number of hydrogen-bond donors (Lipinski definition) is 3. The van der Waals surface area contributed by atoms with Gasteiger partial charge in [-0.15, -0.1) is 0 Å². The molecule has 3 fully saturated rings. The minimum absolute atomic E-state index is 0.0218. The Morgan fingerprint density at radius 3 is 2.23 bits per heavy atom. The molecule has 8 nitrogen and oxygen atoms in total. The van der Waals surface area contributed by atoms with Crippen LogP contribution >= 0.6 is 0 Å². The van der Waals surface area contributed by atoms with E-state index >= 15 is 0 Å². The average Bonchev–Trinajstić information content (AvgIpc) is 3.01.